The molecular weight excluding hydrogens is 254 g/mol. The molecule has 1 unspecified atom stereocenters. The fraction of sp³-hybridized carbons (Fsp3) is 0.500. The molecule has 0 heterocycles. The minimum Gasteiger partial charge on any atom is -0.465 e. The summed E-state index contributed by atoms with van der Waals surface area (Å²) in [4.78, 5) is 26.3. The molecule has 0 spiro atoms. The minimum absolute atomic E-state index is 0.0319. The molecule has 0 aromatic heterocycles. The summed E-state index contributed by atoms with van der Waals surface area (Å²) in [5.41, 5.74) is 0.633. The lowest BCUT2D eigenvalue weighted by Gasteiger charge is -2.27. The van der Waals surface area contributed by atoms with E-state index in [0.29, 0.717) is 25.3 Å². The first kappa shape index (κ1) is 16.4. The van der Waals surface area contributed by atoms with E-state index in [-0.39, 0.29) is 18.2 Å². The second-order valence-electron chi connectivity index (χ2n) is 4.48. The minimum atomic E-state index is -0.502. The van der Waals surface area contributed by atoms with Gasteiger partial charge in [0.2, 0.25) is 0 Å². The number of Topliss-reactive ketones (excluding diaryl/α,β-unsaturated/α-hetero) is 1. The molecule has 0 aliphatic heterocycles. The van der Waals surface area contributed by atoms with Crippen molar-refractivity contribution in [3.63, 3.8) is 0 Å². The number of ketones is 1. The molecule has 1 aromatic carbocycles. The van der Waals surface area contributed by atoms with Gasteiger partial charge in [0.05, 0.1) is 6.61 Å². The Labute approximate surface area is 120 Å². The van der Waals surface area contributed by atoms with Crippen molar-refractivity contribution >= 4 is 11.8 Å². The molecule has 1 rings (SSSR count). The van der Waals surface area contributed by atoms with Crippen LogP contribution in [0.4, 0.5) is 0 Å². The highest BCUT2D eigenvalue weighted by Gasteiger charge is 2.28. The predicted octanol–water partition coefficient (Wildman–Crippen LogP) is 2.53. The molecule has 0 fully saturated rings. The molecule has 0 N–H and O–H groups in total. The smallest absolute Gasteiger partial charge is 0.323 e. The van der Waals surface area contributed by atoms with E-state index >= 15 is 0 Å². The predicted molar refractivity (Wildman–Crippen MR) is 78.7 cm³/mol. The topological polar surface area (TPSA) is 46.6 Å². The van der Waals surface area contributed by atoms with Crippen LogP contribution in [0.5, 0.6) is 0 Å². The van der Waals surface area contributed by atoms with Gasteiger partial charge in [0.15, 0.2) is 5.78 Å². The number of hydrogen-bond donors (Lipinski definition) is 0. The summed E-state index contributed by atoms with van der Waals surface area (Å²) in [5, 5.41) is 0. The van der Waals surface area contributed by atoms with Gasteiger partial charge < -0.3 is 4.74 Å². The molecule has 0 saturated heterocycles. The number of carbonyl (C=O) groups is 2. The van der Waals surface area contributed by atoms with Crippen molar-refractivity contribution in [2.45, 2.75) is 33.2 Å². The first-order valence-corrected chi connectivity index (χ1v) is 7.12. The van der Waals surface area contributed by atoms with E-state index in [1.54, 1.807) is 19.1 Å². The average molecular weight is 277 g/mol. The molecule has 4 nitrogen and oxygen atoms in total. The summed E-state index contributed by atoms with van der Waals surface area (Å²) >= 11 is 0. The fourth-order valence-corrected chi connectivity index (χ4v) is 2.18. The molecule has 20 heavy (non-hydrogen) atoms. The molecular formula is C16H23NO3. The Morgan fingerprint density at radius 1 is 1.10 bits per heavy atom. The van der Waals surface area contributed by atoms with Crippen molar-refractivity contribution in [2.24, 2.45) is 0 Å². The van der Waals surface area contributed by atoms with Gasteiger partial charge in [0, 0.05) is 12.0 Å². The van der Waals surface area contributed by atoms with E-state index in [1.165, 1.54) is 0 Å². The van der Waals surface area contributed by atoms with Crippen molar-refractivity contribution in [3.05, 3.63) is 35.9 Å². The van der Waals surface area contributed by atoms with Gasteiger partial charge in [-0.2, -0.15) is 0 Å². The summed E-state index contributed by atoms with van der Waals surface area (Å²) in [6.07, 6.45) is 0.157. The van der Waals surface area contributed by atoms with Crippen LogP contribution in [-0.4, -0.2) is 42.4 Å². The number of carbonyl (C=O) groups excluding carboxylic acids is 2. The van der Waals surface area contributed by atoms with Crippen molar-refractivity contribution in [2.75, 3.05) is 19.7 Å². The van der Waals surface area contributed by atoms with E-state index in [4.69, 9.17) is 4.74 Å². The van der Waals surface area contributed by atoms with Gasteiger partial charge in [-0.15, -0.1) is 0 Å². The van der Waals surface area contributed by atoms with Crippen LogP contribution in [0.2, 0.25) is 0 Å². The molecule has 0 aliphatic carbocycles. The van der Waals surface area contributed by atoms with E-state index in [0.717, 1.165) is 0 Å². The van der Waals surface area contributed by atoms with Gasteiger partial charge >= 0.3 is 5.97 Å². The van der Waals surface area contributed by atoms with Crippen LogP contribution in [-0.2, 0) is 9.53 Å². The molecule has 0 aliphatic rings. The zero-order chi connectivity index (χ0) is 15.0. The normalized spacial score (nSPS) is 12.2. The lowest BCUT2D eigenvalue weighted by molar-refractivity contribution is -0.149. The van der Waals surface area contributed by atoms with Crippen LogP contribution >= 0.6 is 0 Å². The molecule has 1 atom stereocenters. The van der Waals surface area contributed by atoms with Crippen LogP contribution in [0.1, 0.15) is 37.6 Å². The van der Waals surface area contributed by atoms with Crippen molar-refractivity contribution < 1.29 is 14.3 Å². The van der Waals surface area contributed by atoms with Gasteiger partial charge in [-0.3, -0.25) is 14.5 Å². The Kier molecular flexibility index (Phi) is 6.94. The maximum atomic E-state index is 12.3. The Morgan fingerprint density at radius 2 is 1.70 bits per heavy atom. The van der Waals surface area contributed by atoms with Crippen LogP contribution in [0.15, 0.2) is 30.3 Å². The average Bonchev–Trinajstić information content (AvgIpc) is 2.48. The molecule has 1 aromatic rings. The molecule has 4 heteroatoms. The SMILES string of the molecule is CCOC(=O)C(CC(=O)c1ccccc1)N(CC)CC. The third-order valence-electron chi connectivity index (χ3n) is 3.29. The monoisotopic (exact) mass is 277 g/mol. The third-order valence-corrected chi connectivity index (χ3v) is 3.29. The Hall–Kier alpha value is -1.68. The first-order chi connectivity index (χ1) is 9.63. The number of benzene rings is 1. The number of rotatable bonds is 8. The maximum absolute atomic E-state index is 12.3. The summed E-state index contributed by atoms with van der Waals surface area (Å²) in [6, 6.07) is 8.55. The molecule has 0 saturated carbocycles. The summed E-state index contributed by atoms with van der Waals surface area (Å²) in [7, 11) is 0. The van der Waals surface area contributed by atoms with Crippen molar-refractivity contribution in [1.29, 1.82) is 0 Å². The Bertz CT molecular complexity index is 427. The van der Waals surface area contributed by atoms with Crippen LogP contribution in [0, 0.1) is 0 Å². The van der Waals surface area contributed by atoms with Gasteiger partial charge in [-0.05, 0) is 20.0 Å². The highest BCUT2D eigenvalue weighted by atomic mass is 16.5. The van der Waals surface area contributed by atoms with Crippen LogP contribution < -0.4 is 0 Å². The van der Waals surface area contributed by atoms with Gasteiger partial charge in [-0.1, -0.05) is 44.2 Å². The molecule has 0 bridgehead atoms. The van der Waals surface area contributed by atoms with Crippen LogP contribution in [0.25, 0.3) is 0 Å². The van der Waals surface area contributed by atoms with Gasteiger partial charge in [0.1, 0.15) is 6.04 Å². The lowest BCUT2D eigenvalue weighted by atomic mass is 10.0. The fourth-order valence-electron chi connectivity index (χ4n) is 2.18. The number of nitrogens with zero attached hydrogens (tertiary/aromatic N) is 1. The van der Waals surface area contributed by atoms with E-state index < -0.39 is 6.04 Å². The largest absolute Gasteiger partial charge is 0.465 e. The maximum Gasteiger partial charge on any atom is 0.323 e. The number of hydrogen-bond acceptors (Lipinski definition) is 4. The standard InChI is InChI=1S/C16H23NO3/c1-4-17(5-2)14(16(19)20-6-3)12-15(18)13-10-8-7-9-11-13/h7-11,14H,4-6,12H2,1-3H3. The second-order valence-corrected chi connectivity index (χ2v) is 4.48. The van der Waals surface area contributed by atoms with Crippen molar-refractivity contribution in [3.8, 4) is 0 Å². The molecule has 0 amide bonds. The first-order valence-electron chi connectivity index (χ1n) is 7.12. The number of esters is 1. The molecule has 110 valence electrons. The van der Waals surface area contributed by atoms with E-state index in [1.807, 2.05) is 36.9 Å². The Morgan fingerprint density at radius 3 is 2.20 bits per heavy atom. The zero-order valence-electron chi connectivity index (χ0n) is 12.5. The van der Waals surface area contributed by atoms with Crippen molar-refractivity contribution in [1.82, 2.24) is 4.90 Å². The van der Waals surface area contributed by atoms with Crippen LogP contribution in [0.3, 0.4) is 0 Å². The zero-order valence-corrected chi connectivity index (χ0v) is 12.5. The van der Waals surface area contributed by atoms with Gasteiger partial charge in [-0.25, -0.2) is 0 Å². The second kappa shape index (κ2) is 8.48. The quantitative estimate of drug-likeness (QED) is 0.541. The third kappa shape index (κ3) is 4.46. The lowest BCUT2D eigenvalue weighted by Crippen LogP contribution is -2.43. The number of ether oxygens (including phenoxy) is 1. The Balaban J connectivity index is 2.83. The van der Waals surface area contributed by atoms with Gasteiger partial charge in [0.25, 0.3) is 0 Å². The van der Waals surface area contributed by atoms with E-state index in [9.17, 15) is 9.59 Å². The summed E-state index contributed by atoms with van der Waals surface area (Å²) < 4.78 is 5.09. The summed E-state index contributed by atoms with van der Waals surface area (Å²) in [5.74, 6) is -0.351. The van der Waals surface area contributed by atoms with E-state index in [2.05, 4.69) is 0 Å². The summed E-state index contributed by atoms with van der Waals surface area (Å²) in [6.45, 7) is 7.47. The highest BCUT2D eigenvalue weighted by Crippen LogP contribution is 2.12. The molecule has 0 radical (unpaired) electrons. The highest BCUT2D eigenvalue weighted by molar-refractivity contribution is 5.98. The number of likely N-dealkylation sites (N-methyl/N-ethyl adjacent to an activating group) is 1.